The number of hydrogen-bond donors (Lipinski definition) is 0. The molecule has 1 aromatic carbocycles. The molecular weight excluding hydrogens is 495 g/mol. The number of amides is 2. The van der Waals surface area contributed by atoms with E-state index in [4.69, 9.17) is 9.47 Å². The molecule has 10 heteroatoms. The predicted octanol–water partition coefficient (Wildman–Crippen LogP) is 4.04. The fourth-order valence-electron chi connectivity index (χ4n) is 3.44. The number of anilines is 1. The van der Waals surface area contributed by atoms with Gasteiger partial charge >= 0.3 is 6.09 Å². The number of fused-ring (bicyclic) bond motifs is 1. The third-order valence-electron chi connectivity index (χ3n) is 5.15. The van der Waals surface area contributed by atoms with Crippen LogP contribution in [0.25, 0.3) is 17.1 Å². The molecular formula is C23H20BrFN4O4. The van der Waals surface area contributed by atoms with Crippen LogP contribution in [-0.2, 0) is 9.53 Å². The summed E-state index contributed by atoms with van der Waals surface area (Å²) in [7, 11) is 3.15. The van der Waals surface area contributed by atoms with Crippen LogP contribution in [0.5, 0.6) is 5.88 Å². The maximum Gasteiger partial charge on any atom is 0.414 e. The molecule has 0 unspecified atom stereocenters. The minimum Gasteiger partial charge on any atom is -0.481 e. The first kappa shape index (κ1) is 22.7. The van der Waals surface area contributed by atoms with Crippen LogP contribution in [0.3, 0.4) is 0 Å². The van der Waals surface area contributed by atoms with Gasteiger partial charge in [-0.25, -0.2) is 14.2 Å². The highest BCUT2D eigenvalue weighted by Crippen LogP contribution is 2.26. The number of methoxy groups -OCH3 is 1. The summed E-state index contributed by atoms with van der Waals surface area (Å²) in [6.45, 7) is 0.396. The molecule has 0 radical (unpaired) electrons. The topological polar surface area (TPSA) is 84.9 Å². The number of ether oxygens (including phenoxy) is 2. The van der Waals surface area contributed by atoms with Crippen molar-refractivity contribution in [3.05, 3.63) is 64.5 Å². The van der Waals surface area contributed by atoms with Crippen molar-refractivity contribution >= 4 is 50.7 Å². The average molecular weight is 515 g/mol. The fourth-order valence-corrected chi connectivity index (χ4v) is 3.69. The Bertz CT molecular complexity index is 1250. The molecule has 1 saturated heterocycles. The summed E-state index contributed by atoms with van der Waals surface area (Å²) in [6, 6.07) is 9.68. The molecule has 4 rings (SSSR count). The van der Waals surface area contributed by atoms with E-state index in [9.17, 15) is 14.0 Å². The Morgan fingerprint density at radius 3 is 2.94 bits per heavy atom. The van der Waals surface area contributed by atoms with Gasteiger partial charge in [0.15, 0.2) is 0 Å². The van der Waals surface area contributed by atoms with E-state index in [1.54, 1.807) is 43.6 Å². The van der Waals surface area contributed by atoms with Crippen molar-refractivity contribution in [1.82, 2.24) is 14.9 Å². The van der Waals surface area contributed by atoms with Crippen LogP contribution >= 0.6 is 15.9 Å². The molecule has 1 atom stereocenters. The molecule has 0 saturated carbocycles. The molecule has 0 aliphatic carbocycles. The molecule has 0 N–H and O–H groups in total. The smallest absolute Gasteiger partial charge is 0.414 e. The van der Waals surface area contributed by atoms with Crippen LogP contribution in [0.15, 0.2) is 53.1 Å². The molecule has 0 bridgehead atoms. The lowest BCUT2D eigenvalue weighted by Crippen LogP contribution is -2.35. The minimum absolute atomic E-state index is 0.188. The highest BCUT2D eigenvalue weighted by Gasteiger charge is 2.33. The second-order valence-corrected chi connectivity index (χ2v) is 8.24. The Morgan fingerprint density at radius 2 is 2.18 bits per heavy atom. The zero-order valence-corrected chi connectivity index (χ0v) is 19.5. The number of rotatable bonds is 6. The summed E-state index contributed by atoms with van der Waals surface area (Å²) < 4.78 is 24.7. The van der Waals surface area contributed by atoms with Crippen LogP contribution < -0.4 is 9.64 Å². The molecule has 3 heterocycles. The van der Waals surface area contributed by atoms with E-state index in [0.717, 1.165) is 5.56 Å². The molecule has 1 aliphatic heterocycles. The summed E-state index contributed by atoms with van der Waals surface area (Å²) in [4.78, 5) is 36.4. The number of halogens is 2. The molecule has 1 aliphatic rings. The maximum absolute atomic E-state index is 13.8. The monoisotopic (exact) mass is 514 g/mol. The van der Waals surface area contributed by atoms with Crippen LogP contribution in [0, 0.1) is 5.82 Å². The number of hydrogen-bond acceptors (Lipinski definition) is 6. The van der Waals surface area contributed by atoms with Gasteiger partial charge in [-0.1, -0.05) is 0 Å². The zero-order valence-electron chi connectivity index (χ0n) is 17.9. The van der Waals surface area contributed by atoms with E-state index in [-0.39, 0.29) is 19.0 Å². The largest absolute Gasteiger partial charge is 0.481 e. The summed E-state index contributed by atoms with van der Waals surface area (Å²) in [5, 5.41) is 0. The van der Waals surface area contributed by atoms with Crippen molar-refractivity contribution in [2.45, 2.75) is 6.10 Å². The van der Waals surface area contributed by atoms with Gasteiger partial charge in [0.1, 0.15) is 11.9 Å². The lowest BCUT2D eigenvalue weighted by Gasteiger charge is -2.18. The van der Waals surface area contributed by atoms with Crippen molar-refractivity contribution < 1.29 is 23.5 Å². The van der Waals surface area contributed by atoms with E-state index >= 15 is 0 Å². The summed E-state index contributed by atoms with van der Waals surface area (Å²) in [5.41, 5.74) is 2.41. The Kier molecular flexibility index (Phi) is 6.55. The zero-order chi connectivity index (χ0) is 23.5. The van der Waals surface area contributed by atoms with Gasteiger partial charge in [-0.15, -0.1) is 0 Å². The normalized spacial score (nSPS) is 15.8. The quantitative estimate of drug-likeness (QED) is 0.461. The fraction of sp³-hybridized carbons (Fsp3) is 0.217. The van der Waals surface area contributed by atoms with Crippen molar-refractivity contribution in [1.29, 1.82) is 0 Å². The summed E-state index contributed by atoms with van der Waals surface area (Å²) in [5.74, 6) is -0.296. The van der Waals surface area contributed by atoms with Gasteiger partial charge < -0.3 is 14.4 Å². The van der Waals surface area contributed by atoms with Crippen LogP contribution in [0.1, 0.15) is 5.56 Å². The first-order chi connectivity index (χ1) is 15.9. The third-order valence-corrected chi connectivity index (χ3v) is 5.79. The average Bonchev–Trinajstić information content (AvgIpc) is 3.18. The van der Waals surface area contributed by atoms with Crippen LogP contribution in [0.2, 0.25) is 0 Å². The number of nitrogens with zero attached hydrogens (tertiary/aromatic N) is 4. The number of aromatic nitrogens is 2. The van der Waals surface area contributed by atoms with E-state index in [0.29, 0.717) is 27.1 Å². The minimum atomic E-state index is -0.582. The van der Waals surface area contributed by atoms with E-state index in [2.05, 4.69) is 25.9 Å². The first-order valence-corrected chi connectivity index (χ1v) is 10.8. The number of carbonyl (C=O) groups excluding carboxylic acids is 2. The van der Waals surface area contributed by atoms with Gasteiger partial charge in [0.2, 0.25) is 11.8 Å². The summed E-state index contributed by atoms with van der Waals surface area (Å²) >= 11 is 3.09. The van der Waals surface area contributed by atoms with Crippen molar-refractivity contribution in [2.75, 3.05) is 32.1 Å². The molecule has 170 valence electrons. The van der Waals surface area contributed by atoms with E-state index < -0.39 is 18.0 Å². The molecule has 2 amide bonds. The molecule has 2 aromatic heterocycles. The maximum atomic E-state index is 13.8. The van der Waals surface area contributed by atoms with Gasteiger partial charge in [0.05, 0.1) is 41.4 Å². The number of cyclic esters (lactones) is 1. The second-order valence-electron chi connectivity index (χ2n) is 7.39. The number of likely N-dealkylation sites (N-methyl/N-ethyl adjacent to an activating group) is 1. The van der Waals surface area contributed by atoms with E-state index in [1.807, 2.05) is 0 Å². The van der Waals surface area contributed by atoms with Gasteiger partial charge in [0.25, 0.3) is 0 Å². The van der Waals surface area contributed by atoms with Crippen molar-refractivity contribution in [3.63, 3.8) is 0 Å². The Balaban J connectivity index is 1.42. The third kappa shape index (κ3) is 4.95. The molecule has 3 aromatic rings. The van der Waals surface area contributed by atoms with Crippen LogP contribution in [-0.4, -0.2) is 60.2 Å². The Hall–Kier alpha value is -3.53. The number of benzene rings is 1. The van der Waals surface area contributed by atoms with Crippen molar-refractivity contribution in [2.24, 2.45) is 0 Å². The lowest BCUT2D eigenvalue weighted by molar-refractivity contribution is -0.125. The van der Waals surface area contributed by atoms with Gasteiger partial charge in [-0.3, -0.25) is 14.7 Å². The second kappa shape index (κ2) is 9.53. The number of carbonyl (C=O) groups is 2. The number of pyridine rings is 2. The highest BCUT2D eigenvalue weighted by atomic mass is 79.9. The van der Waals surface area contributed by atoms with Crippen LogP contribution in [0.4, 0.5) is 14.9 Å². The Morgan fingerprint density at radius 1 is 1.36 bits per heavy atom. The van der Waals surface area contributed by atoms with Gasteiger partial charge in [-0.05, 0) is 52.3 Å². The molecule has 33 heavy (non-hydrogen) atoms. The molecule has 0 spiro atoms. The van der Waals surface area contributed by atoms with E-state index in [1.165, 1.54) is 35.1 Å². The van der Waals surface area contributed by atoms with Gasteiger partial charge in [0, 0.05) is 31.0 Å². The van der Waals surface area contributed by atoms with Crippen molar-refractivity contribution in [3.8, 4) is 5.88 Å². The standard InChI is InChI=1S/C23H20BrFN4O4/c1-28(12-16-13-29(23(31)33-16)15-4-5-17(24)18(25)11-15)21(30)8-3-14-9-10-26-19-6-7-20(32-2)27-22(14)19/h3-11,16H,12-13H2,1-2H3/b8-3+/t16-/m1/s1. The SMILES string of the molecule is COc1ccc2nccc(/C=C/C(=O)N(C)C[C@@H]3CN(c4ccc(Br)c(F)c4)C(=O)O3)c2n1. The molecule has 1 fully saturated rings. The predicted molar refractivity (Wildman–Crippen MR) is 124 cm³/mol. The van der Waals surface area contributed by atoms with Gasteiger partial charge in [-0.2, -0.15) is 0 Å². The lowest BCUT2D eigenvalue weighted by atomic mass is 10.2. The Labute approximate surface area is 197 Å². The first-order valence-electron chi connectivity index (χ1n) is 10.0. The molecule has 8 nitrogen and oxygen atoms in total. The summed E-state index contributed by atoms with van der Waals surface area (Å²) in [6.07, 6.45) is 3.60. The highest BCUT2D eigenvalue weighted by molar-refractivity contribution is 9.10.